The van der Waals surface area contributed by atoms with Gasteiger partial charge in [-0.1, -0.05) is 72.8 Å². The number of esters is 1. The molecule has 1 amide bonds. The fourth-order valence-corrected chi connectivity index (χ4v) is 6.60. The van der Waals surface area contributed by atoms with Gasteiger partial charge in [0.1, 0.15) is 5.60 Å². The maximum absolute atomic E-state index is 14.6. The summed E-state index contributed by atoms with van der Waals surface area (Å²) < 4.78 is 5.99. The molecule has 6 heteroatoms. The zero-order valence-electron chi connectivity index (χ0n) is 21.0. The third-order valence-corrected chi connectivity index (χ3v) is 8.15. The van der Waals surface area contributed by atoms with Crippen LogP contribution in [-0.2, 0) is 19.9 Å². The summed E-state index contributed by atoms with van der Waals surface area (Å²) in [5.74, 6) is -1.72. The Morgan fingerprint density at radius 3 is 2.27 bits per heavy atom. The van der Waals surface area contributed by atoms with E-state index in [1.54, 1.807) is 27.0 Å². The number of hydrogen-bond acceptors (Lipinski definition) is 5. The van der Waals surface area contributed by atoms with Gasteiger partial charge in [0.25, 0.3) is 0 Å². The lowest BCUT2D eigenvalue weighted by atomic mass is 9.64. The number of carbonyl (C=O) groups excluding carboxylic acids is 2. The second kappa shape index (κ2) is 9.24. The van der Waals surface area contributed by atoms with E-state index >= 15 is 0 Å². The average Bonchev–Trinajstić information content (AvgIpc) is 3.13. The minimum atomic E-state index is -1.65. The Labute approximate surface area is 221 Å². The first kappa shape index (κ1) is 24.9. The molecule has 0 radical (unpaired) electrons. The van der Waals surface area contributed by atoms with Crippen LogP contribution in [0, 0.1) is 16.7 Å². The van der Waals surface area contributed by atoms with Gasteiger partial charge in [-0.2, -0.15) is 5.26 Å². The second-order valence-corrected chi connectivity index (χ2v) is 11.4. The maximum atomic E-state index is 14.6. The van der Waals surface area contributed by atoms with Gasteiger partial charge in [0.15, 0.2) is 11.0 Å². The summed E-state index contributed by atoms with van der Waals surface area (Å²) >= 11 is 1.43. The molecule has 1 fully saturated rings. The Kier molecular flexibility index (Phi) is 6.21. The third kappa shape index (κ3) is 3.95. The Balaban J connectivity index is 1.79. The van der Waals surface area contributed by atoms with Crippen molar-refractivity contribution in [3.05, 3.63) is 108 Å². The van der Waals surface area contributed by atoms with Crippen LogP contribution in [0.5, 0.6) is 0 Å². The number of fused-ring (bicyclic) bond motifs is 3. The van der Waals surface area contributed by atoms with E-state index in [-0.39, 0.29) is 5.75 Å². The number of rotatable bonds is 5. The van der Waals surface area contributed by atoms with Gasteiger partial charge in [-0.25, -0.2) is 0 Å². The maximum Gasteiger partial charge on any atom is 0.323 e. The average molecular weight is 509 g/mol. The van der Waals surface area contributed by atoms with Crippen LogP contribution in [0.2, 0.25) is 0 Å². The van der Waals surface area contributed by atoms with Crippen molar-refractivity contribution in [2.45, 2.75) is 42.7 Å². The molecule has 5 nitrogen and oxygen atoms in total. The van der Waals surface area contributed by atoms with E-state index in [9.17, 15) is 14.9 Å². The standard InChI is InChI=1S/C31H28N2O3S/c1-29(2,3)36-28(35)30(21-37-24-15-8-5-9-16-24)26(23-13-6-4-7-14-23)31(20-32)25-17-11-10-12-22(25)18-19-33(31)27(30)34/h4-19,26H,21H2,1-3H3/t26-,30+,31+/m1/s1. The summed E-state index contributed by atoms with van der Waals surface area (Å²) in [4.78, 5) is 31.3. The van der Waals surface area contributed by atoms with Crippen molar-refractivity contribution in [2.24, 2.45) is 5.41 Å². The predicted octanol–water partition coefficient (Wildman–Crippen LogP) is 6.14. The molecule has 0 aliphatic carbocycles. The van der Waals surface area contributed by atoms with Crippen molar-refractivity contribution in [2.75, 3.05) is 5.75 Å². The summed E-state index contributed by atoms with van der Waals surface area (Å²) in [6.45, 7) is 5.38. The largest absolute Gasteiger partial charge is 0.459 e. The van der Waals surface area contributed by atoms with Gasteiger partial charge in [0, 0.05) is 22.4 Å². The molecular weight excluding hydrogens is 480 g/mol. The van der Waals surface area contributed by atoms with Crippen molar-refractivity contribution in [3.8, 4) is 6.07 Å². The SMILES string of the molecule is CC(C)(C)OC(=O)[C@]1(CSc2ccccc2)C(=O)N2C=Cc3ccccc3[C@@]2(C#N)[C@@H]1c1ccccc1. The number of benzene rings is 3. The van der Waals surface area contributed by atoms with Crippen molar-refractivity contribution in [1.82, 2.24) is 4.90 Å². The van der Waals surface area contributed by atoms with Crippen molar-refractivity contribution >= 4 is 29.7 Å². The van der Waals surface area contributed by atoms with E-state index in [0.29, 0.717) is 5.56 Å². The highest BCUT2D eigenvalue weighted by Crippen LogP contribution is 2.62. The lowest BCUT2D eigenvalue weighted by Gasteiger charge is -2.40. The first-order valence-corrected chi connectivity index (χ1v) is 13.2. The highest BCUT2D eigenvalue weighted by molar-refractivity contribution is 7.99. The normalized spacial score (nSPS) is 24.2. The van der Waals surface area contributed by atoms with Crippen LogP contribution < -0.4 is 0 Å². The van der Waals surface area contributed by atoms with Crippen molar-refractivity contribution < 1.29 is 14.3 Å². The Morgan fingerprint density at radius 2 is 1.62 bits per heavy atom. The molecular formula is C31H28N2O3S. The first-order chi connectivity index (χ1) is 17.7. The Morgan fingerprint density at radius 1 is 1.00 bits per heavy atom. The van der Waals surface area contributed by atoms with Gasteiger partial charge in [-0.3, -0.25) is 14.5 Å². The van der Waals surface area contributed by atoms with Crippen LogP contribution in [0.25, 0.3) is 6.08 Å². The van der Waals surface area contributed by atoms with Gasteiger partial charge in [0.05, 0.1) is 12.0 Å². The quantitative estimate of drug-likeness (QED) is 0.235. The highest BCUT2D eigenvalue weighted by Gasteiger charge is 2.73. The van der Waals surface area contributed by atoms with Crippen LogP contribution in [0.3, 0.4) is 0 Å². The molecule has 0 spiro atoms. The van der Waals surface area contributed by atoms with E-state index in [2.05, 4.69) is 6.07 Å². The molecule has 3 atom stereocenters. The van der Waals surface area contributed by atoms with Gasteiger partial charge in [-0.15, -0.1) is 11.8 Å². The highest BCUT2D eigenvalue weighted by atomic mass is 32.2. The minimum absolute atomic E-state index is 0.125. The Hall–Kier alpha value is -3.82. The summed E-state index contributed by atoms with van der Waals surface area (Å²) in [5.41, 5.74) is -1.59. The Bertz CT molecular complexity index is 1410. The van der Waals surface area contributed by atoms with E-state index in [0.717, 1.165) is 16.0 Å². The number of nitrogens with zero attached hydrogens (tertiary/aromatic N) is 2. The molecule has 1 saturated heterocycles. The number of thioether (sulfide) groups is 1. The van der Waals surface area contributed by atoms with Crippen LogP contribution in [0.4, 0.5) is 0 Å². The molecule has 2 aliphatic rings. The fraction of sp³-hybridized carbons (Fsp3) is 0.258. The van der Waals surface area contributed by atoms with Crippen LogP contribution in [0.15, 0.2) is 96.0 Å². The van der Waals surface area contributed by atoms with Crippen LogP contribution in [-0.4, -0.2) is 28.1 Å². The number of ether oxygens (including phenoxy) is 1. The second-order valence-electron chi connectivity index (χ2n) is 10.4. The predicted molar refractivity (Wildman–Crippen MR) is 144 cm³/mol. The van der Waals surface area contributed by atoms with Crippen LogP contribution >= 0.6 is 11.8 Å². The van der Waals surface area contributed by atoms with E-state index in [4.69, 9.17) is 4.74 Å². The molecule has 0 N–H and O–H groups in total. The van der Waals surface area contributed by atoms with Gasteiger partial charge < -0.3 is 4.74 Å². The molecule has 186 valence electrons. The summed E-state index contributed by atoms with van der Waals surface area (Å²) in [5, 5.41) is 10.9. The van der Waals surface area contributed by atoms with E-state index in [1.165, 1.54) is 16.7 Å². The van der Waals surface area contributed by atoms with Gasteiger partial charge in [-0.05, 0) is 50.1 Å². The minimum Gasteiger partial charge on any atom is -0.459 e. The lowest BCUT2D eigenvalue weighted by Crippen LogP contribution is -2.48. The monoisotopic (exact) mass is 508 g/mol. The molecule has 37 heavy (non-hydrogen) atoms. The van der Waals surface area contributed by atoms with E-state index in [1.807, 2.05) is 91.0 Å². The summed E-state index contributed by atoms with van der Waals surface area (Å²) in [7, 11) is 0. The first-order valence-electron chi connectivity index (χ1n) is 12.2. The fourth-order valence-electron chi connectivity index (χ4n) is 5.45. The molecule has 5 rings (SSSR count). The molecule has 2 heterocycles. The number of hydrogen-bond donors (Lipinski definition) is 0. The molecule has 3 aromatic rings. The molecule has 0 aromatic heterocycles. The van der Waals surface area contributed by atoms with Gasteiger partial charge in [0.2, 0.25) is 5.91 Å². The van der Waals surface area contributed by atoms with Crippen molar-refractivity contribution in [3.63, 3.8) is 0 Å². The third-order valence-electron chi connectivity index (χ3n) is 6.94. The molecule has 0 unspecified atom stereocenters. The number of nitriles is 1. The molecule has 3 aromatic carbocycles. The van der Waals surface area contributed by atoms with Gasteiger partial charge >= 0.3 is 5.97 Å². The lowest BCUT2D eigenvalue weighted by molar-refractivity contribution is -0.169. The molecule has 2 aliphatic heterocycles. The van der Waals surface area contributed by atoms with Crippen LogP contribution in [0.1, 0.15) is 43.4 Å². The molecule has 0 bridgehead atoms. The molecule has 0 saturated carbocycles. The summed E-state index contributed by atoms with van der Waals surface area (Å²) in [6.07, 6.45) is 3.49. The number of carbonyl (C=O) groups is 2. The smallest absolute Gasteiger partial charge is 0.323 e. The van der Waals surface area contributed by atoms with E-state index < -0.39 is 34.3 Å². The van der Waals surface area contributed by atoms with Crippen molar-refractivity contribution in [1.29, 1.82) is 5.26 Å². The zero-order chi connectivity index (χ0) is 26.3. The zero-order valence-corrected chi connectivity index (χ0v) is 21.9. The number of amides is 1. The summed E-state index contributed by atoms with van der Waals surface area (Å²) in [6, 6.07) is 29.2. The topological polar surface area (TPSA) is 70.4 Å².